The fourth-order valence-electron chi connectivity index (χ4n) is 2.23. The molecule has 2 aromatic carbocycles. The first-order valence-corrected chi connectivity index (χ1v) is 7.84. The molecule has 2 N–H and O–H groups in total. The van der Waals surface area contributed by atoms with Crippen LogP contribution in [-0.4, -0.2) is 17.0 Å². The van der Waals surface area contributed by atoms with Crippen molar-refractivity contribution < 1.29 is 14.7 Å². The average Bonchev–Trinajstić information content (AvgIpc) is 2.58. The van der Waals surface area contributed by atoms with Crippen LogP contribution >= 0.6 is 0 Å². The zero-order valence-electron chi connectivity index (χ0n) is 13.8. The van der Waals surface area contributed by atoms with Crippen LogP contribution in [0.1, 0.15) is 46.8 Å². The van der Waals surface area contributed by atoms with Crippen molar-refractivity contribution in [3.05, 3.63) is 76.9 Å². The molecule has 2 rings (SSSR count). The van der Waals surface area contributed by atoms with Crippen molar-refractivity contribution in [3.63, 3.8) is 0 Å². The van der Waals surface area contributed by atoms with E-state index in [2.05, 4.69) is 31.3 Å². The predicted octanol–water partition coefficient (Wildman–Crippen LogP) is 3.84. The second-order valence-corrected chi connectivity index (χ2v) is 5.88. The summed E-state index contributed by atoms with van der Waals surface area (Å²) >= 11 is 0. The lowest BCUT2D eigenvalue weighted by molar-refractivity contribution is -0.116. The summed E-state index contributed by atoms with van der Waals surface area (Å²) in [6, 6.07) is 14.6. The van der Waals surface area contributed by atoms with Crippen molar-refractivity contribution in [2.45, 2.75) is 26.3 Å². The third kappa shape index (κ3) is 5.09. The van der Waals surface area contributed by atoms with Crippen LogP contribution in [0, 0.1) is 0 Å². The molecule has 0 bridgehead atoms. The van der Waals surface area contributed by atoms with Crippen molar-refractivity contribution in [1.82, 2.24) is 5.32 Å². The molecule has 1 amide bonds. The third-order valence-corrected chi connectivity index (χ3v) is 3.67. The SMILES string of the molecule is CC(C)c1ccc(/C=C/C(=O)NCc2cccc(C(=O)O)c2)cc1. The largest absolute Gasteiger partial charge is 0.478 e. The molecule has 0 aliphatic rings. The molecular weight excluding hydrogens is 302 g/mol. The highest BCUT2D eigenvalue weighted by Gasteiger charge is 2.04. The number of nitrogens with one attached hydrogen (secondary N) is 1. The highest BCUT2D eigenvalue weighted by molar-refractivity contribution is 5.91. The minimum atomic E-state index is -0.979. The number of carbonyl (C=O) groups excluding carboxylic acids is 1. The van der Waals surface area contributed by atoms with Crippen LogP contribution in [0.2, 0.25) is 0 Å². The van der Waals surface area contributed by atoms with E-state index in [1.54, 1.807) is 24.3 Å². The van der Waals surface area contributed by atoms with Gasteiger partial charge >= 0.3 is 5.97 Å². The van der Waals surface area contributed by atoms with E-state index < -0.39 is 5.97 Å². The van der Waals surface area contributed by atoms with E-state index >= 15 is 0 Å². The van der Waals surface area contributed by atoms with Gasteiger partial charge in [-0.1, -0.05) is 50.2 Å². The summed E-state index contributed by atoms with van der Waals surface area (Å²) in [5.41, 5.74) is 3.18. The van der Waals surface area contributed by atoms with Crippen molar-refractivity contribution in [1.29, 1.82) is 0 Å². The van der Waals surface area contributed by atoms with Gasteiger partial charge < -0.3 is 10.4 Å². The second kappa shape index (κ2) is 8.11. The molecule has 0 saturated heterocycles. The summed E-state index contributed by atoms with van der Waals surface area (Å²) in [5.74, 6) is -0.718. The first-order valence-electron chi connectivity index (χ1n) is 7.84. The summed E-state index contributed by atoms with van der Waals surface area (Å²) in [6.07, 6.45) is 3.23. The Morgan fingerprint density at radius 2 is 1.83 bits per heavy atom. The first-order chi connectivity index (χ1) is 11.5. The van der Waals surface area contributed by atoms with Crippen LogP contribution in [0.5, 0.6) is 0 Å². The third-order valence-electron chi connectivity index (χ3n) is 3.67. The van der Waals surface area contributed by atoms with Gasteiger partial charge in [0.2, 0.25) is 5.91 Å². The van der Waals surface area contributed by atoms with E-state index in [9.17, 15) is 9.59 Å². The topological polar surface area (TPSA) is 66.4 Å². The van der Waals surface area contributed by atoms with Gasteiger partial charge in [-0.3, -0.25) is 4.79 Å². The van der Waals surface area contributed by atoms with E-state index in [0.29, 0.717) is 5.92 Å². The molecule has 4 nitrogen and oxygen atoms in total. The molecule has 2 aromatic rings. The van der Waals surface area contributed by atoms with E-state index in [0.717, 1.165) is 11.1 Å². The minimum Gasteiger partial charge on any atom is -0.478 e. The number of carbonyl (C=O) groups is 2. The van der Waals surface area contributed by atoms with Gasteiger partial charge in [0.15, 0.2) is 0 Å². The van der Waals surface area contributed by atoms with Crippen LogP contribution in [0.25, 0.3) is 6.08 Å². The number of aromatic carboxylic acids is 1. The fraction of sp³-hybridized carbons (Fsp3) is 0.200. The summed E-state index contributed by atoms with van der Waals surface area (Å²) in [7, 11) is 0. The van der Waals surface area contributed by atoms with E-state index in [1.165, 1.54) is 17.7 Å². The second-order valence-electron chi connectivity index (χ2n) is 5.88. The maximum Gasteiger partial charge on any atom is 0.335 e. The maximum atomic E-state index is 11.9. The monoisotopic (exact) mass is 323 g/mol. The summed E-state index contributed by atoms with van der Waals surface area (Å²) in [4.78, 5) is 22.8. The quantitative estimate of drug-likeness (QED) is 0.794. The average molecular weight is 323 g/mol. The molecule has 0 aliphatic heterocycles. The minimum absolute atomic E-state index is 0.211. The number of hydrogen-bond acceptors (Lipinski definition) is 2. The Kier molecular flexibility index (Phi) is 5.90. The van der Waals surface area contributed by atoms with Gasteiger partial charge in [-0.15, -0.1) is 0 Å². The fourth-order valence-corrected chi connectivity index (χ4v) is 2.23. The molecule has 0 fully saturated rings. The van der Waals surface area contributed by atoms with Crippen LogP contribution < -0.4 is 5.32 Å². The molecule has 0 saturated carbocycles. The van der Waals surface area contributed by atoms with Gasteiger partial charge in [-0.05, 0) is 40.8 Å². The Hall–Kier alpha value is -2.88. The molecule has 0 radical (unpaired) electrons. The lowest BCUT2D eigenvalue weighted by Crippen LogP contribution is -2.20. The van der Waals surface area contributed by atoms with Crippen molar-refractivity contribution in [2.24, 2.45) is 0 Å². The van der Waals surface area contributed by atoms with Gasteiger partial charge in [0.1, 0.15) is 0 Å². The lowest BCUT2D eigenvalue weighted by atomic mass is 10.0. The van der Waals surface area contributed by atoms with Crippen LogP contribution in [0.3, 0.4) is 0 Å². The molecule has 0 unspecified atom stereocenters. The van der Waals surface area contributed by atoms with Crippen LogP contribution in [-0.2, 0) is 11.3 Å². The van der Waals surface area contributed by atoms with Gasteiger partial charge in [0, 0.05) is 12.6 Å². The molecule has 0 aliphatic carbocycles. The first kappa shape index (κ1) is 17.5. The Labute approximate surface area is 141 Å². The normalized spacial score (nSPS) is 11.0. The zero-order valence-corrected chi connectivity index (χ0v) is 13.8. The molecule has 4 heteroatoms. The molecular formula is C20H21NO3. The van der Waals surface area contributed by atoms with E-state index in [1.807, 2.05) is 12.1 Å². The number of hydrogen-bond donors (Lipinski definition) is 2. The molecule has 124 valence electrons. The Balaban J connectivity index is 1.91. The highest BCUT2D eigenvalue weighted by atomic mass is 16.4. The van der Waals surface area contributed by atoms with Crippen LogP contribution in [0.4, 0.5) is 0 Å². The summed E-state index contributed by atoms with van der Waals surface area (Å²) < 4.78 is 0. The Morgan fingerprint density at radius 1 is 1.12 bits per heavy atom. The lowest BCUT2D eigenvalue weighted by Gasteiger charge is -2.05. The van der Waals surface area contributed by atoms with Crippen molar-refractivity contribution in [3.8, 4) is 0 Å². The Bertz CT molecular complexity index is 746. The van der Waals surface area contributed by atoms with Crippen molar-refractivity contribution >= 4 is 18.0 Å². The predicted molar refractivity (Wildman–Crippen MR) is 94.8 cm³/mol. The number of benzene rings is 2. The standard InChI is InChI=1S/C20H21NO3/c1-14(2)17-9-6-15(7-10-17)8-11-19(22)21-13-16-4-3-5-18(12-16)20(23)24/h3-12,14H,13H2,1-2H3,(H,21,22)(H,23,24)/b11-8+. The molecule has 24 heavy (non-hydrogen) atoms. The van der Waals surface area contributed by atoms with Gasteiger partial charge in [-0.25, -0.2) is 4.79 Å². The molecule has 0 aromatic heterocycles. The molecule has 0 spiro atoms. The maximum absolute atomic E-state index is 11.9. The van der Waals surface area contributed by atoms with Gasteiger partial charge in [0.05, 0.1) is 5.56 Å². The smallest absolute Gasteiger partial charge is 0.335 e. The number of carboxylic acids is 1. The van der Waals surface area contributed by atoms with Crippen LogP contribution in [0.15, 0.2) is 54.6 Å². The summed E-state index contributed by atoms with van der Waals surface area (Å²) in [5, 5.41) is 11.7. The molecule has 0 heterocycles. The van der Waals surface area contributed by atoms with Gasteiger partial charge in [-0.2, -0.15) is 0 Å². The highest BCUT2D eigenvalue weighted by Crippen LogP contribution is 2.15. The van der Waals surface area contributed by atoms with Crippen molar-refractivity contribution in [2.75, 3.05) is 0 Å². The van der Waals surface area contributed by atoms with Gasteiger partial charge in [0.25, 0.3) is 0 Å². The number of amides is 1. The van der Waals surface area contributed by atoms with E-state index in [4.69, 9.17) is 5.11 Å². The zero-order chi connectivity index (χ0) is 17.5. The number of rotatable bonds is 6. The van der Waals surface area contributed by atoms with E-state index in [-0.39, 0.29) is 18.0 Å². The summed E-state index contributed by atoms with van der Waals surface area (Å²) in [6.45, 7) is 4.56. The number of carboxylic acid groups (broad SMARTS) is 1. The molecule has 0 atom stereocenters. The Morgan fingerprint density at radius 3 is 2.46 bits per heavy atom.